The number of aromatic nitrogens is 1. The van der Waals surface area contributed by atoms with Crippen LogP contribution in [0.15, 0.2) is 42.6 Å². The lowest BCUT2D eigenvalue weighted by atomic mass is 9.80. The van der Waals surface area contributed by atoms with Crippen molar-refractivity contribution in [1.82, 2.24) is 4.98 Å². The van der Waals surface area contributed by atoms with Gasteiger partial charge in [0, 0.05) is 18.3 Å². The normalized spacial score (nSPS) is 14.5. The fourth-order valence-electron chi connectivity index (χ4n) is 4.13. The lowest BCUT2D eigenvalue weighted by Crippen LogP contribution is -2.24. The first kappa shape index (κ1) is 17.0. The molecule has 1 saturated carbocycles. The van der Waals surface area contributed by atoms with Crippen LogP contribution in [0.25, 0.3) is 23.9 Å². The molecule has 0 atom stereocenters. The van der Waals surface area contributed by atoms with E-state index in [2.05, 4.69) is 61.5 Å². The van der Waals surface area contributed by atoms with Crippen molar-refractivity contribution in [3.63, 3.8) is 0 Å². The van der Waals surface area contributed by atoms with E-state index in [4.69, 9.17) is 0 Å². The third-order valence-electron chi connectivity index (χ3n) is 6.03. The maximum absolute atomic E-state index is 4.64. The van der Waals surface area contributed by atoms with Gasteiger partial charge in [0.05, 0.1) is 0 Å². The SMILES string of the molecule is C=c1c(CCC2CCC2)c(Cc2ccc(C)cn2)c(=C)c2ccccc12. The Morgan fingerprint density at radius 3 is 2.23 bits per heavy atom. The molecule has 132 valence electrons. The molecule has 0 aliphatic heterocycles. The quantitative estimate of drug-likeness (QED) is 0.656. The van der Waals surface area contributed by atoms with Crippen LogP contribution in [0.1, 0.15) is 48.1 Å². The predicted molar refractivity (Wildman–Crippen MR) is 112 cm³/mol. The molecule has 1 heterocycles. The molecule has 0 N–H and O–H groups in total. The van der Waals surface area contributed by atoms with Crippen molar-refractivity contribution < 1.29 is 0 Å². The number of benzene rings is 2. The maximum atomic E-state index is 4.64. The highest BCUT2D eigenvalue weighted by Gasteiger charge is 2.19. The van der Waals surface area contributed by atoms with E-state index in [0.717, 1.165) is 29.7 Å². The summed E-state index contributed by atoms with van der Waals surface area (Å²) in [5, 5.41) is 4.82. The number of aryl methyl sites for hydroxylation is 1. The molecule has 1 aliphatic carbocycles. The molecule has 1 nitrogen and oxygen atoms in total. The van der Waals surface area contributed by atoms with Gasteiger partial charge in [-0.25, -0.2) is 0 Å². The largest absolute Gasteiger partial charge is 0.261 e. The first-order valence-electron chi connectivity index (χ1n) is 9.75. The first-order valence-corrected chi connectivity index (χ1v) is 9.75. The number of nitrogens with zero attached hydrogens (tertiary/aromatic N) is 1. The second kappa shape index (κ2) is 7.07. The summed E-state index contributed by atoms with van der Waals surface area (Å²) in [6, 6.07) is 12.8. The van der Waals surface area contributed by atoms with E-state index >= 15 is 0 Å². The van der Waals surface area contributed by atoms with Crippen molar-refractivity contribution in [1.29, 1.82) is 0 Å². The van der Waals surface area contributed by atoms with Gasteiger partial charge in [-0.3, -0.25) is 4.98 Å². The Balaban J connectivity index is 1.81. The summed E-state index contributed by atoms with van der Waals surface area (Å²) in [6.45, 7) is 11.0. The zero-order valence-corrected chi connectivity index (χ0v) is 15.7. The van der Waals surface area contributed by atoms with Crippen molar-refractivity contribution in [3.8, 4) is 0 Å². The van der Waals surface area contributed by atoms with Gasteiger partial charge >= 0.3 is 0 Å². The van der Waals surface area contributed by atoms with Gasteiger partial charge in [-0.1, -0.05) is 62.8 Å². The molecule has 0 bridgehead atoms. The standard InChI is InChI=1S/C25H27N/c1-17-11-13-21(26-16-17)15-25-19(3)23-10-5-4-9-22(23)18(2)24(25)14-12-20-7-6-8-20/h4-5,9-11,13,16,20H,2-3,6-8,12,14-15H2,1H3. The van der Waals surface area contributed by atoms with E-state index in [0.29, 0.717) is 0 Å². The van der Waals surface area contributed by atoms with Crippen molar-refractivity contribution in [3.05, 3.63) is 75.4 Å². The van der Waals surface area contributed by atoms with Crippen LogP contribution in [0.2, 0.25) is 0 Å². The van der Waals surface area contributed by atoms with Gasteiger partial charge in [0.25, 0.3) is 0 Å². The molecule has 4 rings (SSSR count). The monoisotopic (exact) mass is 341 g/mol. The molecule has 1 heteroatoms. The van der Waals surface area contributed by atoms with Gasteiger partial charge < -0.3 is 0 Å². The second-order valence-electron chi connectivity index (χ2n) is 7.80. The smallest absolute Gasteiger partial charge is 0.0447 e. The third-order valence-corrected chi connectivity index (χ3v) is 6.03. The van der Waals surface area contributed by atoms with Gasteiger partial charge in [-0.15, -0.1) is 0 Å². The number of fused-ring (bicyclic) bond motifs is 1. The van der Waals surface area contributed by atoms with Crippen molar-refractivity contribution in [2.24, 2.45) is 5.92 Å². The Hall–Kier alpha value is -2.41. The molecule has 0 saturated heterocycles. The molecule has 2 aromatic carbocycles. The van der Waals surface area contributed by atoms with Crippen LogP contribution in [-0.4, -0.2) is 4.98 Å². The van der Waals surface area contributed by atoms with E-state index < -0.39 is 0 Å². The van der Waals surface area contributed by atoms with Crippen molar-refractivity contribution in [2.45, 2.75) is 45.4 Å². The van der Waals surface area contributed by atoms with Crippen LogP contribution < -0.4 is 10.4 Å². The van der Waals surface area contributed by atoms with Gasteiger partial charge in [0.2, 0.25) is 0 Å². The van der Waals surface area contributed by atoms with E-state index in [9.17, 15) is 0 Å². The highest BCUT2D eigenvalue weighted by molar-refractivity contribution is 5.85. The highest BCUT2D eigenvalue weighted by Crippen LogP contribution is 2.30. The number of hydrogen-bond donors (Lipinski definition) is 0. The molecule has 0 unspecified atom stereocenters. The average molecular weight is 341 g/mol. The van der Waals surface area contributed by atoms with Gasteiger partial charge in [0.1, 0.15) is 0 Å². The molecule has 1 fully saturated rings. The third kappa shape index (κ3) is 3.19. The summed E-state index contributed by atoms with van der Waals surface area (Å²) in [5.74, 6) is 0.902. The zero-order valence-electron chi connectivity index (χ0n) is 15.7. The highest BCUT2D eigenvalue weighted by atomic mass is 14.7. The van der Waals surface area contributed by atoms with Gasteiger partial charge in [-0.05, 0) is 69.6 Å². The molecule has 0 radical (unpaired) electrons. The minimum atomic E-state index is 0.840. The fourth-order valence-corrected chi connectivity index (χ4v) is 4.13. The van der Waals surface area contributed by atoms with E-state index in [-0.39, 0.29) is 0 Å². The molecule has 0 amide bonds. The predicted octanol–water partition coefficient (Wildman–Crippen LogP) is 4.69. The zero-order chi connectivity index (χ0) is 18.1. The Morgan fingerprint density at radius 2 is 1.65 bits per heavy atom. The summed E-state index contributed by atoms with van der Waals surface area (Å²) in [5.41, 5.74) is 5.05. The van der Waals surface area contributed by atoms with E-state index in [1.165, 1.54) is 58.4 Å². The van der Waals surface area contributed by atoms with Crippen LogP contribution in [0.4, 0.5) is 0 Å². The number of rotatable bonds is 5. The van der Waals surface area contributed by atoms with Gasteiger partial charge in [-0.2, -0.15) is 0 Å². The molecule has 1 aromatic heterocycles. The van der Waals surface area contributed by atoms with Crippen molar-refractivity contribution in [2.75, 3.05) is 0 Å². The lowest BCUT2D eigenvalue weighted by molar-refractivity contribution is 0.296. The number of hydrogen-bond acceptors (Lipinski definition) is 1. The van der Waals surface area contributed by atoms with Crippen LogP contribution >= 0.6 is 0 Å². The molecular weight excluding hydrogens is 314 g/mol. The minimum Gasteiger partial charge on any atom is -0.261 e. The summed E-state index contributed by atoms with van der Waals surface area (Å²) in [6.07, 6.45) is 9.37. The molecule has 0 spiro atoms. The van der Waals surface area contributed by atoms with E-state index in [1.54, 1.807) is 0 Å². The van der Waals surface area contributed by atoms with Crippen LogP contribution in [0.3, 0.4) is 0 Å². The lowest BCUT2D eigenvalue weighted by Gasteiger charge is -2.26. The Morgan fingerprint density at radius 1 is 0.962 bits per heavy atom. The molecule has 3 aromatic rings. The first-order chi connectivity index (χ1) is 12.6. The summed E-state index contributed by atoms with van der Waals surface area (Å²) in [4.78, 5) is 4.64. The minimum absolute atomic E-state index is 0.840. The Kier molecular flexibility index (Phi) is 4.63. The number of pyridine rings is 1. The Bertz CT molecular complexity index is 1030. The van der Waals surface area contributed by atoms with E-state index in [1.807, 2.05) is 6.20 Å². The van der Waals surface area contributed by atoms with Crippen molar-refractivity contribution >= 4 is 23.9 Å². The van der Waals surface area contributed by atoms with Crippen LogP contribution in [0.5, 0.6) is 0 Å². The second-order valence-corrected chi connectivity index (χ2v) is 7.80. The van der Waals surface area contributed by atoms with Crippen LogP contribution in [-0.2, 0) is 12.8 Å². The summed E-state index contributed by atoms with van der Waals surface area (Å²) < 4.78 is 0. The molecular formula is C25H27N. The fraction of sp³-hybridized carbons (Fsp3) is 0.320. The maximum Gasteiger partial charge on any atom is 0.0447 e. The van der Waals surface area contributed by atoms with Crippen LogP contribution in [0, 0.1) is 12.8 Å². The average Bonchev–Trinajstić information content (AvgIpc) is 2.62. The Labute approximate surface area is 156 Å². The molecule has 26 heavy (non-hydrogen) atoms. The summed E-state index contributed by atoms with van der Waals surface area (Å²) in [7, 11) is 0. The summed E-state index contributed by atoms with van der Waals surface area (Å²) >= 11 is 0. The van der Waals surface area contributed by atoms with Gasteiger partial charge in [0.15, 0.2) is 0 Å². The topological polar surface area (TPSA) is 12.9 Å². The molecule has 1 aliphatic rings.